The molecule has 0 radical (unpaired) electrons. The van der Waals surface area contributed by atoms with Gasteiger partial charge >= 0.3 is 6.01 Å². The minimum absolute atomic E-state index is 0.00511. The molecule has 3 aromatic rings. The van der Waals surface area contributed by atoms with Gasteiger partial charge in [-0.15, -0.1) is 0 Å². The van der Waals surface area contributed by atoms with Crippen molar-refractivity contribution in [3.05, 3.63) is 77.4 Å². The van der Waals surface area contributed by atoms with Gasteiger partial charge in [0, 0.05) is 57.3 Å². The molecule has 2 aliphatic heterocycles. The van der Waals surface area contributed by atoms with Crippen molar-refractivity contribution in [3.8, 4) is 17.8 Å². The molecule has 12 heteroatoms. The summed E-state index contributed by atoms with van der Waals surface area (Å²) in [5.74, 6) is -0.134. The second-order valence-electron chi connectivity index (χ2n) is 10.7. The Hall–Kier alpha value is -3.87. The van der Waals surface area contributed by atoms with E-state index in [1.807, 2.05) is 36.4 Å². The number of methoxy groups -OCH3 is 2. The number of hydrogen-bond acceptors (Lipinski definition) is 9. The van der Waals surface area contributed by atoms with E-state index >= 15 is 0 Å². The van der Waals surface area contributed by atoms with E-state index in [4.69, 9.17) is 14.2 Å². The summed E-state index contributed by atoms with van der Waals surface area (Å²) in [4.78, 5) is 27.4. The maximum Gasteiger partial charge on any atom is 0.322 e. The van der Waals surface area contributed by atoms with Crippen molar-refractivity contribution in [2.24, 2.45) is 0 Å². The topological polar surface area (TPSA) is 100 Å². The molecule has 2 aliphatic rings. The van der Waals surface area contributed by atoms with Crippen molar-refractivity contribution in [2.75, 3.05) is 60.2 Å². The zero-order valence-corrected chi connectivity index (χ0v) is 24.3. The van der Waals surface area contributed by atoms with Crippen molar-refractivity contribution in [2.45, 2.75) is 31.0 Å². The van der Waals surface area contributed by atoms with Crippen LogP contribution in [0.3, 0.4) is 0 Å². The molecule has 0 bridgehead atoms. The van der Waals surface area contributed by atoms with Crippen LogP contribution in [-0.4, -0.2) is 114 Å². The van der Waals surface area contributed by atoms with Crippen molar-refractivity contribution in [1.29, 1.82) is 0 Å². The fourth-order valence-electron chi connectivity index (χ4n) is 6.23. The second-order valence-corrected chi connectivity index (χ2v) is 10.7. The minimum Gasteiger partial charge on any atom is -0.481 e. The van der Waals surface area contributed by atoms with Gasteiger partial charge in [-0.1, -0.05) is 60.7 Å². The van der Waals surface area contributed by atoms with E-state index in [0.717, 1.165) is 0 Å². The van der Waals surface area contributed by atoms with Gasteiger partial charge in [0.1, 0.15) is 6.61 Å². The van der Waals surface area contributed by atoms with Gasteiger partial charge in [-0.25, -0.2) is 8.78 Å². The first-order valence-corrected chi connectivity index (χ1v) is 14.3. The first kappa shape index (κ1) is 30.6. The number of aliphatic hydroxyl groups excluding tert-OH is 1. The Morgan fingerprint density at radius 3 is 2.16 bits per heavy atom. The van der Waals surface area contributed by atoms with Gasteiger partial charge in [-0.05, 0) is 11.1 Å². The molecule has 0 spiro atoms. The first-order valence-electron chi connectivity index (χ1n) is 14.3. The predicted octanol–water partition coefficient (Wildman–Crippen LogP) is 2.66. The number of ether oxygens (including phenoxy) is 3. The molecule has 0 saturated carbocycles. The molecule has 2 saturated heterocycles. The van der Waals surface area contributed by atoms with E-state index in [1.54, 1.807) is 4.90 Å². The zero-order valence-electron chi connectivity index (χ0n) is 24.3. The molecule has 2 aromatic carbocycles. The van der Waals surface area contributed by atoms with Gasteiger partial charge in [0.25, 0.3) is 6.43 Å². The number of rotatable bonds is 11. The van der Waals surface area contributed by atoms with Gasteiger partial charge in [0.05, 0.1) is 19.8 Å². The normalized spacial score (nSPS) is 19.4. The Morgan fingerprint density at radius 1 is 0.930 bits per heavy atom. The Balaban J connectivity index is 1.54. The maximum atomic E-state index is 13.2. The number of piperazine rings is 2. The van der Waals surface area contributed by atoms with Crippen LogP contribution in [-0.2, 0) is 11.3 Å². The SMILES string of the molecule is COc1nc(OC)c(CN2C[C@@H]3CN(C(=O)CO)CCN3[C@H](C(c3ccccc3)c3ccccc3)C2)c(OCC(F)F)n1. The van der Waals surface area contributed by atoms with Crippen LogP contribution in [0.15, 0.2) is 60.7 Å². The van der Waals surface area contributed by atoms with Gasteiger partial charge in [0.15, 0.2) is 6.61 Å². The van der Waals surface area contributed by atoms with Gasteiger partial charge in [-0.3, -0.25) is 14.6 Å². The molecule has 1 amide bonds. The lowest BCUT2D eigenvalue weighted by molar-refractivity contribution is -0.139. The van der Waals surface area contributed by atoms with Gasteiger partial charge < -0.3 is 24.2 Å². The smallest absolute Gasteiger partial charge is 0.322 e. The lowest BCUT2D eigenvalue weighted by atomic mass is 9.81. The third kappa shape index (κ3) is 7.03. The molecule has 5 rings (SSSR count). The summed E-state index contributed by atoms with van der Waals surface area (Å²) in [7, 11) is 2.83. The van der Waals surface area contributed by atoms with E-state index in [1.165, 1.54) is 25.3 Å². The highest BCUT2D eigenvalue weighted by Gasteiger charge is 2.43. The molecular formula is C31H37F2N5O5. The van der Waals surface area contributed by atoms with Crippen LogP contribution in [0.2, 0.25) is 0 Å². The predicted molar refractivity (Wildman–Crippen MR) is 155 cm³/mol. The average Bonchev–Trinajstić information content (AvgIpc) is 3.04. The summed E-state index contributed by atoms with van der Waals surface area (Å²) in [6.07, 6.45) is -2.69. The lowest BCUT2D eigenvalue weighted by Crippen LogP contribution is -2.67. The van der Waals surface area contributed by atoms with Crippen molar-refractivity contribution in [1.82, 2.24) is 24.7 Å². The fourth-order valence-corrected chi connectivity index (χ4v) is 6.23. The number of carbonyl (C=O) groups is 1. The summed E-state index contributed by atoms with van der Waals surface area (Å²) in [6, 6.07) is 20.6. The van der Waals surface area contributed by atoms with Crippen molar-refractivity contribution < 1.29 is 32.9 Å². The number of hydrogen-bond donors (Lipinski definition) is 1. The molecule has 2 fully saturated rings. The van der Waals surface area contributed by atoms with E-state index in [2.05, 4.69) is 44.0 Å². The quantitative estimate of drug-likeness (QED) is 0.358. The molecule has 1 aromatic heterocycles. The first-order chi connectivity index (χ1) is 20.9. The van der Waals surface area contributed by atoms with E-state index in [-0.39, 0.29) is 48.2 Å². The Kier molecular flexibility index (Phi) is 10.0. The maximum absolute atomic E-state index is 13.2. The number of benzene rings is 2. The zero-order chi connectivity index (χ0) is 30.3. The summed E-state index contributed by atoms with van der Waals surface area (Å²) in [5, 5.41) is 9.57. The van der Waals surface area contributed by atoms with Gasteiger partial charge in [-0.2, -0.15) is 9.97 Å². The largest absolute Gasteiger partial charge is 0.481 e. The fraction of sp³-hybridized carbons (Fsp3) is 0.452. The number of amides is 1. The molecule has 0 aliphatic carbocycles. The summed E-state index contributed by atoms with van der Waals surface area (Å²) in [6.45, 7) is 1.72. The average molecular weight is 598 g/mol. The molecule has 230 valence electrons. The van der Waals surface area contributed by atoms with Crippen LogP contribution in [0.5, 0.6) is 17.8 Å². The van der Waals surface area contributed by atoms with E-state index in [0.29, 0.717) is 38.3 Å². The number of alkyl halides is 2. The second kappa shape index (κ2) is 14.1. The number of aliphatic hydroxyl groups is 1. The number of nitrogens with zero attached hydrogens (tertiary/aromatic N) is 5. The number of fused-ring (bicyclic) bond motifs is 1. The van der Waals surface area contributed by atoms with E-state index in [9.17, 15) is 18.7 Å². The van der Waals surface area contributed by atoms with Crippen LogP contribution in [0.25, 0.3) is 0 Å². The Morgan fingerprint density at radius 2 is 1.58 bits per heavy atom. The standard InChI is InChI=1S/C31H37F2N5O5/c1-41-29-24(30(43-20-26(32)33)35-31(34-29)42-2)17-36-15-23-16-37(27(40)19-39)13-14-38(23)25(18-36)28(21-9-5-3-6-10-21)22-11-7-4-8-12-22/h3-12,23,25-26,28,39H,13-20H2,1-2H3/t23-,25+/m1/s1. The third-order valence-corrected chi connectivity index (χ3v) is 8.07. The van der Waals surface area contributed by atoms with E-state index < -0.39 is 19.6 Å². The summed E-state index contributed by atoms with van der Waals surface area (Å²) < 4.78 is 42.5. The van der Waals surface area contributed by atoms with Crippen LogP contribution in [0, 0.1) is 0 Å². The molecule has 43 heavy (non-hydrogen) atoms. The van der Waals surface area contributed by atoms with Crippen molar-refractivity contribution >= 4 is 5.91 Å². The van der Waals surface area contributed by atoms with Crippen molar-refractivity contribution in [3.63, 3.8) is 0 Å². The summed E-state index contributed by atoms with van der Waals surface area (Å²) in [5.41, 5.74) is 2.77. The summed E-state index contributed by atoms with van der Waals surface area (Å²) >= 11 is 0. The Labute approximate surface area is 249 Å². The monoisotopic (exact) mass is 597 g/mol. The number of carbonyl (C=O) groups excluding carboxylic acids is 1. The highest BCUT2D eigenvalue weighted by atomic mass is 19.3. The number of halogens is 2. The lowest BCUT2D eigenvalue weighted by Gasteiger charge is -2.53. The van der Waals surface area contributed by atoms with Crippen LogP contribution in [0.1, 0.15) is 22.6 Å². The molecule has 10 nitrogen and oxygen atoms in total. The highest BCUT2D eigenvalue weighted by Crippen LogP contribution is 2.37. The minimum atomic E-state index is -2.69. The molecule has 2 atom stereocenters. The van der Waals surface area contributed by atoms with Gasteiger partial charge in [0.2, 0.25) is 17.7 Å². The van der Waals surface area contributed by atoms with Crippen LogP contribution < -0.4 is 14.2 Å². The Bertz CT molecular complexity index is 1310. The highest BCUT2D eigenvalue weighted by molar-refractivity contribution is 5.77. The molecule has 3 heterocycles. The van der Waals surface area contributed by atoms with Crippen LogP contribution >= 0.6 is 0 Å². The molecule has 0 unspecified atom stereocenters. The molecule has 1 N–H and O–H groups in total. The van der Waals surface area contributed by atoms with Crippen LogP contribution in [0.4, 0.5) is 8.78 Å². The third-order valence-electron chi connectivity index (χ3n) is 8.07. The number of aromatic nitrogens is 2. The molecular weight excluding hydrogens is 560 g/mol.